The highest BCUT2D eigenvalue weighted by Crippen LogP contribution is 2.19. The third-order valence-electron chi connectivity index (χ3n) is 3.65. The van der Waals surface area contributed by atoms with Gasteiger partial charge in [0, 0.05) is 19.0 Å². The van der Waals surface area contributed by atoms with Gasteiger partial charge in [-0.15, -0.1) is 0 Å². The standard InChI is InChI=1S/C12H25N3O3S/c1-12(2,3)19(17,18)8-7-15-6-4-5-10(9-15)11(13)14-16/h10,16H,4-9H2,1-3H3,(H2,13,14). The summed E-state index contributed by atoms with van der Waals surface area (Å²) in [5.74, 6) is 0.416. The third kappa shape index (κ3) is 4.35. The molecule has 7 heteroatoms. The Labute approximate surface area is 115 Å². The van der Waals surface area contributed by atoms with Crippen LogP contribution in [-0.4, -0.2) is 54.5 Å². The number of rotatable bonds is 4. The number of oxime groups is 1. The number of nitrogens with two attached hydrogens (primary N) is 1. The normalized spacial score (nSPS) is 23.5. The van der Waals surface area contributed by atoms with Crippen molar-refractivity contribution < 1.29 is 13.6 Å². The Balaban J connectivity index is 2.55. The van der Waals surface area contributed by atoms with Crippen LogP contribution in [0, 0.1) is 5.92 Å². The van der Waals surface area contributed by atoms with Crippen LogP contribution >= 0.6 is 0 Å². The molecule has 0 radical (unpaired) electrons. The lowest BCUT2D eigenvalue weighted by molar-refractivity contribution is 0.210. The fourth-order valence-corrected chi connectivity index (χ4v) is 3.25. The molecule has 1 unspecified atom stereocenters. The maximum Gasteiger partial charge on any atom is 0.156 e. The molecule has 19 heavy (non-hydrogen) atoms. The molecule has 3 N–H and O–H groups in total. The molecule has 1 saturated heterocycles. The maximum absolute atomic E-state index is 12.1. The summed E-state index contributed by atoms with van der Waals surface area (Å²) < 4.78 is 23.4. The zero-order valence-electron chi connectivity index (χ0n) is 12.0. The van der Waals surface area contributed by atoms with Crippen LogP contribution in [0.3, 0.4) is 0 Å². The van der Waals surface area contributed by atoms with E-state index >= 15 is 0 Å². The third-order valence-corrected chi connectivity index (χ3v) is 6.23. The van der Waals surface area contributed by atoms with E-state index in [0.29, 0.717) is 13.1 Å². The van der Waals surface area contributed by atoms with Crippen LogP contribution < -0.4 is 5.73 Å². The van der Waals surface area contributed by atoms with Gasteiger partial charge in [-0.05, 0) is 40.2 Å². The van der Waals surface area contributed by atoms with Gasteiger partial charge in [0.1, 0.15) is 5.84 Å². The van der Waals surface area contributed by atoms with Crippen LogP contribution in [0.4, 0.5) is 0 Å². The first kappa shape index (κ1) is 16.2. The second kappa shape index (κ2) is 6.09. The van der Waals surface area contributed by atoms with Gasteiger partial charge in [0.2, 0.25) is 0 Å². The molecule has 1 aliphatic rings. The number of piperidine rings is 1. The topological polar surface area (TPSA) is 96.0 Å². The molecule has 1 fully saturated rings. The monoisotopic (exact) mass is 291 g/mol. The number of sulfone groups is 1. The average Bonchev–Trinajstić information content (AvgIpc) is 2.34. The average molecular weight is 291 g/mol. The number of nitrogens with zero attached hydrogens (tertiary/aromatic N) is 2. The van der Waals surface area contributed by atoms with Crippen molar-refractivity contribution in [3.05, 3.63) is 0 Å². The molecule has 112 valence electrons. The summed E-state index contributed by atoms with van der Waals surface area (Å²) >= 11 is 0. The lowest BCUT2D eigenvalue weighted by Crippen LogP contribution is -2.44. The molecule has 0 bridgehead atoms. The predicted octanol–water partition coefficient (Wildman–Crippen LogP) is 0.658. The molecule has 0 aromatic carbocycles. The lowest BCUT2D eigenvalue weighted by Gasteiger charge is -2.32. The number of hydrogen-bond donors (Lipinski definition) is 2. The van der Waals surface area contributed by atoms with Crippen LogP contribution in [0.2, 0.25) is 0 Å². The molecular weight excluding hydrogens is 266 g/mol. The Hall–Kier alpha value is -0.820. The molecule has 1 atom stereocenters. The Morgan fingerprint density at radius 3 is 2.63 bits per heavy atom. The molecule has 6 nitrogen and oxygen atoms in total. The number of likely N-dealkylation sites (tertiary alicyclic amines) is 1. The van der Waals surface area contributed by atoms with Crippen molar-refractivity contribution in [3.8, 4) is 0 Å². The zero-order chi connectivity index (χ0) is 14.7. The van der Waals surface area contributed by atoms with Gasteiger partial charge in [-0.25, -0.2) is 8.42 Å². The Bertz CT molecular complexity index is 426. The molecule has 1 aliphatic heterocycles. The smallest absolute Gasteiger partial charge is 0.156 e. The fourth-order valence-electron chi connectivity index (χ4n) is 2.14. The summed E-state index contributed by atoms with van der Waals surface area (Å²) in [4.78, 5) is 2.08. The molecule has 0 saturated carbocycles. The quantitative estimate of drug-likeness (QED) is 0.343. The van der Waals surface area contributed by atoms with E-state index in [1.54, 1.807) is 20.8 Å². The molecule has 0 spiro atoms. The van der Waals surface area contributed by atoms with Gasteiger partial charge in [-0.3, -0.25) is 0 Å². The largest absolute Gasteiger partial charge is 0.409 e. The number of hydrogen-bond acceptors (Lipinski definition) is 5. The van der Waals surface area contributed by atoms with E-state index in [9.17, 15) is 8.42 Å². The highest BCUT2D eigenvalue weighted by atomic mass is 32.2. The van der Waals surface area contributed by atoms with E-state index in [4.69, 9.17) is 10.9 Å². The minimum Gasteiger partial charge on any atom is -0.409 e. The van der Waals surface area contributed by atoms with Crippen LogP contribution in [0.15, 0.2) is 5.16 Å². The highest BCUT2D eigenvalue weighted by molar-refractivity contribution is 7.92. The van der Waals surface area contributed by atoms with E-state index in [0.717, 1.165) is 19.4 Å². The fraction of sp³-hybridized carbons (Fsp3) is 0.917. The SMILES string of the molecule is CC(C)(C)S(=O)(=O)CCN1CCCC(C(N)=NO)C1. The van der Waals surface area contributed by atoms with Gasteiger partial charge in [0.25, 0.3) is 0 Å². The summed E-state index contributed by atoms with van der Waals surface area (Å²) in [7, 11) is -3.09. The first-order valence-corrected chi connectivity index (χ1v) is 8.24. The van der Waals surface area contributed by atoms with Crippen LogP contribution in [0.1, 0.15) is 33.6 Å². The van der Waals surface area contributed by atoms with Gasteiger partial charge in [-0.2, -0.15) is 0 Å². The van der Waals surface area contributed by atoms with Crippen molar-refractivity contribution in [3.63, 3.8) is 0 Å². The van der Waals surface area contributed by atoms with Crippen molar-refractivity contribution in [2.24, 2.45) is 16.8 Å². The zero-order valence-corrected chi connectivity index (χ0v) is 12.8. The Kier molecular flexibility index (Phi) is 5.20. The number of amidine groups is 1. The molecule has 1 heterocycles. The van der Waals surface area contributed by atoms with E-state index in [-0.39, 0.29) is 17.5 Å². The van der Waals surface area contributed by atoms with Crippen molar-refractivity contribution in [2.75, 3.05) is 25.4 Å². The summed E-state index contributed by atoms with van der Waals surface area (Å²) in [6.07, 6.45) is 1.83. The van der Waals surface area contributed by atoms with Crippen molar-refractivity contribution in [1.29, 1.82) is 0 Å². The van der Waals surface area contributed by atoms with Crippen LogP contribution in [0.5, 0.6) is 0 Å². The van der Waals surface area contributed by atoms with Crippen molar-refractivity contribution in [2.45, 2.75) is 38.4 Å². The maximum atomic E-state index is 12.1. The minimum absolute atomic E-state index is 0.0242. The molecule has 0 aliphatic carbocycles. The van der Waals surface area contributed by atoms with Crippen LogP contribution in [0.25, 0.3) is 0 Å². The second-order valence-electron chi connectivity index (χ2n) is 6.10. The lowest BCUT2D eigenvalue weighted by atomic mass is 9.97. The summed E-state index contributed by atoms with van der Waals surface area (Å²) in [5, 5.41) is 11.7. The Morgan fingerprint density at radius 1 is 1.47 bits per heavy atom. The van der Waals surface area contributed by atoms with Gasteiger partial charge in [0.15, 0.2) is 9.84 Å². The van der Waals surface area contributed by atoms with Crippen LogP contribution in [-0.2, 0) is 9.84 Å². The van der Waals surface area contributed by atoms with Gasteiger partial charge in [0.05, 0.1) is 10.5 Å². The summed E-state index contributed by atoms with van der Waals surface area (Å²) in [6.45, 7) is 7.20. The molecular formula is C12H25N3O3S. The molecule has 0 aromatic rings. The van der Waals surface area contributed by atoms with Gasteiger partial charge >= 0.3 is 0 Å². The predicted molar refractivity (Wildman–Crippen MR) is 76.1 cm³/mol. The molecule has 1 rings (SSSR count). The second-order valence-corrected chi connectivity index (χ2v) is 8.96. The van der Waals surface area contributed by atoms with Crippen molar-refractivity contribution >= 4 is 15.7 Å². The van der Waals surface area contributed by atoms with E-state index in [1.807, 2.05) is 0 Å². The van der Waals surface area contributed by atoms with Gasteiger partial charge in [-0.1, -0.05) is 5.16 Å². The first-order chi connectivity index (χ1) is 8.67. The summed E-state index contributed by atoms with van der Waals surface area (Å²) in [5.41, 5.74) is 5.62. The van der Waals surface area contributed by atoms with Gasteiger partial charge < -0.3 is 15.8 Å². The highest BCUT2D eigenvalue weighted by Gasteiger charge is 2.30. The molecule has 0 aromatic heterocycles. The molecule has 0 amide bonds. The van der Waals surface area contributed by atoms with E-state index in [2.05, 4.69) is 10.1 Å². The van der Waals surface area contributed by atoms with Crippen molar-refractivity contribution in [1.82, 2.24) is 4.90 Å². The Morgan fingerprint density at radius 2 is 2.11 bits per heavy atom. The first-order valence-electron chi connectivity index (χ1n) is 6.59. The van der Waals surface area contributed by atoms with E-state index < -0.39 is 14.6 Å². The summed E-state index contributed by atoms with van der Waals surface area (Å²) in [6, 6.07) is 0. The minimum atomic E-state index is -3.09. The van der Waals surface area contributed by atoms with E-state index in [1.165, 1.54) is 0 Å².